The molecule has 2 atom stereocenters. The lowest BCUT2D eigenvalue weighted by Gasteiger charge is -2.50. The number of rotatable bonds is 3. The van der Waals surface area contributed by atoms with Crippen LogP contribution in [0.4, 0.5) is 0 Å². The van der Waals surface area contributed by atoms with Gasteiger partial charge in [-0.1, -0.05) is 44.4 Å². The van der Waals surface area contributed by atoms with Crippen molar-refractivity contribution in [3.05, 3.63) is 30.3 Å². The van der Waals surface area contributed by atoms with E-state index in [0.29, 0.717) is 10.9 Å². The van der Waals surface area contributed by atoms with Crippen molar-refractivity contribution in [3.8, 4) is 0 Å². The van der Waals surface area contributed by atoms with E-state index >= 15 is 0 Å². The third-order valence-corrected chi connectivity index (χ3v) is 5.89. The Hall–Kier alpha value is -0.470. The van der Waals surface area contributed by atoms with Crippen molar-refractivity contribution in [2.75, 3.05) is 6.61 Å². The molecule has 1 saturated heterocycles. The van der Waals surface area contributed by atoms with Crippen molar-refractivity contribution in [1.29, 1.82) is 0 Å². The third-order valence-electron chi connectivity index (χ3n) is 4.34. The summed E-state index contributed by atoms with van der Waals surface area (Å²) in [6.45, 7) is 3.30. The Kier molecular flexibility index (Phi) is 3.67. The molecule has 0 N–H and O–H groups in total. The zero-order valence-electron chi connectivity index (χ0n) is 11.1. The van der Waals surface area contributed by atoms with Gasteiger partial charge in [0.15, 0.2) is 0 Å². The predicted octanol–water partition coefficient (Wildman–Crippen LogP) is 4.52. The zero-order chi connectivity index (χ0) is 12.4. The monoisotopic (exact) mass is 262 g/mol. The normalized spacial score (nSPS) is 30.7. The van der Waals surface area contributed by atoms with Gasteiger partial charge >= 0.3 is 0 Å². The van der Waals surface area contributed by atoms with Crippen LogP contribution in [0, 0.1) is 5.92 Å². The summed E-state index contributed by atoms with van der Waals surface area (Å²) in [7, 11) is 0. The van der Waals surface area contributed by atoms with Crippen LogP contribution in [0.1, 0.15) is 39.0 Å². The quantitative estimate of drug-likeness (QED) is 0.792. The molecule has 0 radical (unpaired) electrons. The van der Waals surface area contributed by atoms with Crippen LogP contribution >= 0.6 is 11.8 Å². The van der Waals surface area contributed by atoms with E-state index in [1.807, 2.05) is 0 Å². The van der Waals surface area contributed by atoms with E-state index in [1.54, 1.807) is 0 Å². The van der Waals surface area contributed by atoms with Crippen LogP contribution in [-0.4, -0.2) is 17.5 Å². The standard InChI is InChI=1S/C16H22OS/c1-13-12-17-15(13)16(10-6-3-7-11-16)18-14-8-4-2-5-9-14/h2,4-5,8-9,13,15H,3,6-7,10-12H2,1H3/t13-,15-/m0/s1. The first-order valence-corrected chi connectivity index (χ1v) is 7.97. The molecule has 3 rings (SSSR count). The third kappa shape index (κ3) is 2.33. The molecule has 1 aromatic rings. The van der Waals surface area contributed by atoms with Crippen molar-refractivity contribution in [2.24, 2.45) is 5.92 Å². The van der Waals surface area contributed by atoms with Gasteiger partial charge in [-0.2, -0.15) is 0 Å². The van der Waals surface area contributed by atoms with Crippen LogP contribution in [-0.2, 0) is 4.74 Å². The number of thioether (sulfide) groups is 1. The lowest BCUT2D eigenvalue weighted by atomic mass is 9.78. The van der Waals surface area contributed by atoms with Gasteiger partial charge in [0.05, 0.1) is 12.7 Å². The van der Waals surface area contributed by atoms with Crippen LogP contribution in [0.25, 0.3) is 0 Å². The van der Waals surface area contributed by atoms with Crippen LogP contribution < -0.4 is 0 Å². The van der Waals surface area contributed by atoms with Gasteiger partial charge in [0.1, 0.15) is 0 Å². The topological polar surface area (TPSA) is 9.23 Å². The first-order valence-electron chi connectivity index (χ1n) is 7.16. The molecule has 1 saturated carbocycles. The summed E-state index contributed by atoms with van der Waals surface area (Å²) in [5.41, 5.74) is 0. The summed E-state index contributed by atoms with van der Waals surface area (Å²) in [4.78, 5) is 1.40. The molecule has 98 valence electrons. The fourth-order valence-corrected chi connectivity index (χ4v) is 5.05. The van der Waals surface area contributed by atoms with Gasteiger partial charge in [0.2, 0.25) is 0 Å². The minimum Gasteiger partial charge on any atom is -0.376 e. The van der Waals surface area contributed by atoms with Gasteiger partial charge in [0.25, 0.3) is 0 Å². The second-order valence-corrected chi connectivity index (χ2v) is 7.26. The molecule has 0 aromatic heterocycles. The molecule has 1 nitrogen and oxygen atoms in total. The summed E-state index contributed by atoms with van der Waals surface area (Å²) in [5.74, 6) is 0.735. The van der Waals surface area contributed by atoms with Crippen molar-refractivity contribution in [1.82, 2.24) is 0 Å². The first-order chi connectivity index (χ1) is 8.80. The highest BCUT2D eigenvalue weighted by Gasteiger charge is 2.48. The molecule has 0 unspecified atom stereocenters. The molecule has 0 spiro atoms. The van der Waals surface area contributed by atoms with E-state index in [1.165, 1.54) is 37.0 Å². The Bertz CT molecular complexity index is 383. The van der Waals surface area contributed by atoms with E-state index in [4.69, 9.17) is 4.74 Å². The molecule has 2 aliphatic rings. The highest BCUT2D eigenvalue weighted by atomic mass is 32.2. The number of hydrogen-bond acceptors (Lipinski definition) is 2. The van der Waals surface area contributed by atoms with Crippen LogP contribution in [0.5, 0.6) is 0 Å². The first kappa shape index (κ1) is 12.6. The lowest BCUT2D eigenvalue weighted by molar-refractivity contribution is -0.131. The summed E-state index contributed by atoms with van der Waals surface area (Å²) in [6.07, 6.45) is 7.25. The van der Waals surface area contributed by atoms with Crippen molar-refractivity contribution in [2.45, 2.75) is 54.8 Å². The molecule has 0 amide bonds. The second kappa shape index (κ2) is 5.26. The minimum absolute atomic E-state index is 0.345. The Labute approximate surface area is 114 Å². The van der Waals surface area contributed by atoms with E-state index in [-0.39, 0.29) is 0 Å². The molecule has 18 heavy (non-hydrogen) atoms. The summed E-state index contributed by atoms with van der Waals surface area (Å²) in [5, 5.41) is 0. The Morgan fingerprint density at radius 1 is 1.11 bits per heavy atom. The van der Waals surface area contributed by atoms with Gasteiger partial charge in [-0.05, 0) is 25.0 Å². The van der Waals surface area contributed by atoms with E-state index in [0.717, 1.165) is 12.5 Å². The highest BCUT2D eigenvalue weighted by Crippen LogP contribution is 2.51. The molecular weight excluding hydrogens is 240 g/mol. The molecular formula is C16H22OS. The SMILES string of the molecule is C[C@H]1CO[C@@H]1C1(Sc2ccccc2)CCCCC1. The van der Waals surface area contributed by atoms with Gasteiger partial charge < -0.3 is 4.74 Å². The second-order valence-electron chi connectivity index (χ2n) is 5.77. The highest BCUT2D eigenvalue weighted by molar-refractivity contribution is 8.00. The van der Waals surface area contributed by atoms with Crippen molar-refractivity contribution >= 4 is 11.8 Å². The summed E-state index contributed by atoms with van der Waals surface area (Å²) >= 11 is 2.07. The summed E-state index contributed by atoms with van der Waals surface area (Å²) < 4.78 is 6.28. The minimum atomic E-state index is 0.345. The predicted molar refractivity (Wildman–Crippen MR) is 77.0 cm³/mol. The zero-order valence-corrected chi connectivity index (χ0v) is 11.9. The van der Waals surface area contributed by atoms with Crippen LogP contribution in [0.3, 0.4) is 0 Å². The number of hydrogen-bond donors (Lipinski definition) is 0. The molecule has 2 fully saturated rings. The maximum atomic E-state index is 5.94. The maximum absolute atomic E-state index is 5.94. The lowest BCUT2D eigenvalue weighted by Crippen LogP contribution is -2.54. The smallest absolute Gasteiger partial charge is 0.0772 e. The van der Waals surface area contributed by atoms with Crippen LogP contribution in [0.2, 0.25) is 0 Å². The Balaban J connectivity index is 1.81. The Morgan fingerprint density at radius 2 is 1.83 bits per heavy atom. The van der Waals surface area contributed by atoms with Crippen molar-refractivity contribution in [3.63, 3.8) is 0 Å². The van der Waals surface area contributed by atoms with Crippen LogP contribution in [0.15, 0.2) is 35.2 Å². The number of ether oxygens (including phenoxy) is 1. The Morgan fingerprint density at radius 3 is 2.39 bits per heavy atom. The van der Waals surface area contributed by atoms with E-state index < -0.39 is 0 Å². The molecule has 1 heterocycles. The maximum Gasteiger partial charge on any atom is 0.0772 e. The van der Waals surface area contributed by atoms with Gasteiger partial charge in [-0.3, -0.25) is 0 Å². The van der Waals surface area contributed by atoms with Gasteiger partial charge in [-0.25, -0.2) is 0 Å². The molecule has 2 heteroatoms. The summed E-state index contributed by atoms with van der Waals surface area (Å²) in [6, 6.07) is 10.9. The van der Waals surface area contributed by atoms with Gasteiger partial charge in [-0.15, -0.1) is 11.8 Å². The average molecular weight is 262 g/mol. The largest absolute Gasteiger partial charge is 0.376 e. The molecule has 0 bridgehead atoms. The number of benzene rings is 1. The van der Waals surface area contributed by atoms with E-state index in [2.05, 4.69) is 49.0 Å². The average Bonchev–Trinajstić information content (AvgIpc) is 2.39. The molecule has 1 aromatic carbocycles. The van der Waals surface area contributed by atoms with Crippen molar-refractivity contribution < 1.29 is 4.74 Å². The molecule has 1 aliphatic heterocycles. The van der Waals surface area contributed by atoms with Gasteiger partial charge in [0, 0.05) is 15.6 Å². The fourth-order valence-electron chi connectivity index (χ4n) is 3.37. The fraction of sp³-hybridized carbons (Fsp3) is 0.625. The van der Waals surface area contributed by atoms with E-state index in [9.17, 15) is 0 Å². The molecule has 1 aliphatic carbocycles.